The van der Waals surface area contributed by atoms with Crippen LogP contribution in [0.15, 0.2) is 41.0 Å². The Morgan fingerprint density at radius 1 is 1.52 bits per heavy atom. The largest absolute Gasteiger partial charge is 0.482 e. The molecule has 0 aliphatic heterocycles. The van der Waals surface area contributed by atoms with E-state index in [2.05, 4.69) is 30.5 Å². The first-order valence-electron chi connectivity index (χ1n) is 7.69. The number of rotatable bonds is 5. The van der Waals surface area contributed by atoms with Gasteiger partial charge in [-0.3, -0.25) is 4.79 Å². The molecule has 23 heavy (non-hydrogen) atoms. The highest BCUT2D eigenvalue weighted by molar-refractivity contribution is 5.78. The maximum atomic E-state index is 11.7. The molecule has 5 heteroatoms. The maximum absolute atomic E-state index is 11.7. The van der Waals surface area contributed by atoms with Gasteiger partial charge in [-0.1, -0.05) is 30.7 Å². The Hall–Kier alpha value is -2.61. The van der Waals surface area contributed by atoms with Crippen LogP contribution in [0.3, 0.4) is 0 Å². The molecule has 0 radical (unpaired) electrons. The summed E-state index contributed by atoms with van der Waals surface area (Å²) < 4.78 is 5.35. The minimum atomic E-state index is -0.343. The van der Waals surface area contributed by atoms with E-state index >= 15 is 0 Å². The van der Waals surface area contributed by atoms with E-state index in [-0.39, 0.29) is 12.5 Å². The number of nitrogens with zero attached hydrogens (tertiary/aromatic N) is 2. The molecular weight excluding hydrogens is 290 g/mol. The molecule has 0 heterocycles. The van der Waals surface area contributed by atoms with Gasteiger partial charge in [0.1, 0.15) is 11.8 Å². The Kier molecular flexibility index (Phi) is 5.93. The molecule has 2 rings (SSSR count). The summed E-state index contributed by atoms with van der Waals surface area (Å²) in [7, 11) is 0. The lowest BCUT2D eigenvalue weighted by atomic mass is 9.82. The number of nitrogens with one attached hydrogen (secondary N) is 1. The Bertz CT molecular complexity index is 658. The van der Waals surface area contributed by atoms with Gasteiger partial charge in [0.25, 0.3) is 5.91 Å². The zero-order valence-corrected chi connectivity index (χ0v) is 13.5. The van der Waals surface area contributed by atoms with Crippen molar-refractivity contribution in [2.75, 3.05) is 6.61 Å². The Labute approximate surface area is 136 Å². The number of benzene rings is 1. The predicted octanol–water partition coefficient (Wildman–Crippen LogP) is 3.03. The van der Waals surface area contributed by atoms with E-state index in [1.54, 1.807) is 30.5 Å². The summed E-state index contributed by atoms with van der Waals surface area (Å²) in [5.41, 5.74) is 4.29. The van der Waals surface area contributed by atoms with Crippen LogP contribution in [-0.2, 0) is 4.79 Å². The lowest BCUT2D eigenvalue weighted by molar-refractivity contribution is -0.123. The molecule has 0 fully saturated rings. The fourth-order valence-corrected chi connectivity index (χ4v) is 2.59. The molecule has 120 valence electrons. The molecule has 5 nitrogen and oxygen atoms in total. The molecule has 1 aromatic carbocycles. The van der Waals surface area contributed by atoms with Gasteiger partial charge in [0.15, 0.2) is 6.61 Å². The quantitative estimate of drug-likeness (QED) is 0.516. The van der Waals surface area contributed by atoms with Crippen LogP contribution < -0.4 is 10.2 Å². The Balaban J connectivity index is 1.79. The van der Waals surface area contributed by atoms with Crippen LogP contribution in [0.25, 0.3) is 0 Å². The van der Waals surface area contributed by atoms with E-state index in [9.17, 15) is 4.79 Å². The van der Waals surface area contributed by atoms with E-state index in [1.165, 1.54) is 5.57 Å². The number of ether oxygens (including phenoxy) is 1. The lowest BCUT2D eigenvalue weighted by Crippen LogP contribution is -2.26. The Morgan fingerprint density at radius 2 is 2.30 bits per heavy atom. The summed E-state index contributed by atoms with van der Waals surface area (Å²) in [6, 6.07) is 8.83. The van der Waals surface area contributed by atoms with Crippen molar-refractivity contribution in [2.24, 2.45) is 16.9 Å². The summed E-state index contributed by atoms with van der Waals surface area (Å²) in [5.74, 6) is 0.929. The summed E-state index contributed by atoms with van der Waals surface area (Å²) >= 11 is 0. The van der Waals surface area contributed by atoms with Gasteiger partial charge in [0.05, 0.1) is 5.56 Å². The van der Waals surface area contributed by atoms with Crippen LogP contribution in [0.4, 0.5) is 0 Å². The van der Waals surface area contributed by atoms with Gasteiger partial charge in [0.2, 0.25) is 0 Å². The van der Waals surface area contributed by atoms with Crippen molar-refractivity contribution in [1.29, 1.82) is 5.26 Å². The third-order valence-corrected chi connectivity index (χ3v) is 3.93. The highest BCUT2D eigenvalue weighted by Crippen LogP contribution is 2.27. The first kappa shape index (κ1) is 16.8. The second kappa shape index (κ2) is 8.14. The fourth-order valence-electron chi connectivity index (χ4n) is 2.59. The van der Waals surface area contributed by atoms with Gasteiger partial charge in [-0.25, -0.2) is 5.43 Å². The van der Waals surface area contributed by atoms with E-state index in [0.29, 0.717) is 23.1 Å². The standard InChI is InChI=1S/C18H21N3O2/c1-13-7-8-16(14(2)9-13)11-20-21-18(22)12-23-17-6-4-3-5-15(17)10-19/h3-7,11,14,16H,8-9,12H2,1-2H3,(H,21,22)/t14-,16+/m1/s1. The molecule has 1 N–H and O–H groups in total. The molecule has 1 aliphatic rings. The summed E-state index contributed by atoms with van der Waals surface area (Å²) in [6.07, 6.45) is 6.05. The zero-order chi connectivity index (χ0) is 16.7. The minimum Gasteiger partial charge on any atom is -0.482 e. The number of hydrazone groups is 1. The van der Waals surface area contributed by atoms with Crippen molar-refractivity contribution in [3.63, 3.8) is 0 Å². The lowest BCUT2D eigenvalue weighted by Gasteiger charge is -2.24. The maximum Gasteiger partial charge on any atom is 0.277 e. The van der Waals surface area contributed by atoms with Gasteiger partial charge < -0.3 is 4.74 Å². The number of amides is 1. The van der Waals surface area contributed by atoms with E-state index in [1.807, 2.05) is 6.07 Å². The van der Waals surface area contributed by atoms with Crippen molar-refractivity contribution in [1.82, 2.24) is 5.43 Å². The summed E-state index contributed by atoms with van der Waals surface area (Å²) in [6.45, 7) is 4.16. The van der Waals surface area contributed by atoms with E-state index < -0.39 is 0 Å². The SMILES string of the molecule is CC1=CC[C@@H](C=NNC(=O)COc2ccccc2C#N)[C@H](C)C1. The van der Waals surface area contributed by atoms with Crippen LogP contribution in [0, 0.1) is 23.2 Å². The van der Waals surface area contributed by atoms with E-state index in [4.69, 9.17) is 10.00 Å². The molecule has 0 saturated heterocycles. The third-order valence-electron chi connectivity index (χ3n) is 3.93. The van der Waals surface area contributed by atoms with E-state index in [0.717, 1.165) is 12.8 Å². The van der Waals surface area contributed by atoms with Crippen LogP contribution >= 0.6 is 0 Å². The number of carbonyl (C=O) groups excluding carboxylic acids is 1. The van der Waals surface area contributed by atoms with Crippen molar-refractivity contribution >= 4 is 12.1 Å². The molecule has 0 aromatic heterocycles. The van der Waals surface area contributed by atoms with Gasteiger partial charge in [-0.15, -0.1) is 0 Å². The number of hydrogen-bond acceptors (Lipinski definition) is 4. The monoisotopic (exact) mass is 311 g/mol. The van der Waals surface area contributed by atoms with Crippen LogP contribution in [0.2, 0.25) is 0 Å². The summed E-state index contributed by atoms with van der Waals surface area (Å²) in [5, 5.41) is 13.0. The number of carbonyl (C=O) groups is 1. The van der Waals surface area contributed by atoms with Gasteiger partial charge in [-0.2, -0.15) is 10.4 Å². The molecule has 0 spiro atoms. The molecule has 0 saturated carbocycles. The number of nitriles is 1. The number of allylic oxidation sites excluding steroid dienone is 2. The average molecular weight is 311 g/mol. The van der Waals surface area contributed by atoms with Gasteiger partial charge in [-0.05, 0) is 37.8 Å². The summed E-state index contributed by atoms with van der Waals surface area (Å²) in [4.78, 5) is 11.7. The molecule has 0 unspecified atom stereocenters. The molecule has 1 amide bonds. The second-order valence-electron chi connectivity index (χ2n) is 5.84. The highest BCUT2D eigenvalue weighted by atomic mass is 16.5. The van der Waals surface area contributed by atoms with Crippen molar-refractivity contribution in [3.05, 3.63) is 41.5 Å². The average Bonchev–Trinajstić information content (AvgIpc) is 2.55. The second-order valence-corrected chi connectivity index (χ2v) is 5.84. The normalized spacial score (nSPS) is 20.7. The van der Waals surface area contributed by atoms with Crippen molar-refractivity contribution in [3.8, 4) is 11.8 Å². The topological polar surface area (TPSA) is 74.5 Å². The first-order valence-corrected chi connectivity index (χ1v) is 7.69. The molecule has 2 atom stereocenters. The van der Waals surface area contributed by atoms with Crippen LogP contribution in [0.5, 0.6) is 5.75 Å². The fraction of sp³-hybridized carbons (Fsp3) is 0.389. The zero-order valence-electron chi connectivity index (χ0n) is 13.5. The van der Waals surface area contributed by atoms with Crippen molar-refractivity contribution < 1.29 is 9.53 Å². The first-order chi connectivity index (χ1) is 11.1. The molecular formula is C18H21N3O2. The molecule has 0 bridgehead atoms. The third kappa shape index (κ3) is 4.96. The van der Waals surface area contributed by atoms with Gasteiger partial charge >= 0.3 is 0 Å². The number of hydrogen-bond donors (Lipinski definition) is 1. The number of para-hydroxylation sites is 1. The van der Waals surface area contributed by atoms with Crippen LogP contribution in [0.1, 0.15) is 32.3 Å². The minimum absolute atomic E-state index is 0.171. The molecule has 1 aliphatic carbocycles. The Morgan fingerprint density at radius 3 is 3.04 bits per heavy atom. The van der Waals surface area contributed by atoms with Gasteiger partial charge in [0, 0.05) is 12.1 Å². The molecule has 1 aromatic rings. The van der Waals surface area contributed by atoms with Crippen molar-refractivity contribution in [2.45, 2.75) is 26.7 Å². The predicted molar refractivity (Wildman–Crippen MR) is 88.9 cm³/mol. The van der Waals surface area contributed by atoms with Crippen LogP contribution in [-0.4, -0.2) is 18.7 Å². The highest BCUT2D eigenvalue weighted by Gasteiger charge is 2.18. The smallest absolute Gasteiger partial charge is 0.277 e.